The van der Waals surface area contributed by atoms with Crippen LogP contribution in [-0.2, 0) is 19.9 Å². The van der Waals surface area contributed by atoms with Gasteiger partial charge in [-0.25, -0.2) is 20.8 Å². The maximum absolute atomic E-state index is 13.0. The first kappa shape index (κ1) is 18.0. The Balaban J connectivity index is 2.34. The summed E-state index contributed by atoms with van der Waals surface area (Å²) < 4.78 is 51.0. The van der Waals surface area contributed by atoms with Crippen molar-refractivity contribution in [1.82, 2.24) is 8.96 Å². The molecule has 0 aliphatic rings. The SMILES string of the molecule is CS(=O)(=O)c1ccccc1-c1cc(C=O)cn1S(=O)(=O)c1cccnc1. The number of benzene rings is 1. The van der Waals surface area contributed by atoms with E-state index in [9.17, 15) is 21.6 Å². The first-order valence-electron chi connectivity index (χ1n) is 7.38. The van der Waals surface area contributed by atoms with Crippen molar-refractivity contribution in [2.45, 2.75) is 9.79 Å². The van der Waals surface area contributed by atoms with Crippen LogP contribution in [0.25, 0.3) is 11.3 Å². The van der Waals surface area contributed by atoms with E-state index in [0.29, 0.717) is 6.29 Å². The molecule has 26 heavy (non-hydrogen) atoms. The molecule has 0 aliphatic heterocycles. The number of rotatable bonds is 5. The van der Waals surface area contributed by atoms with E-state index in [-0.39, 0.29) is 26.6 Å². The molecule has 0 spiro atoms. The summed E-state index contributed by atoms with van der Waals surface area (Å²) in [7, 11) is -7.68. The zero-order valence-electron chi connectivity index (χ0n) is 13.6. The molecule has 0 fully saturated rings. The Kier molecular flexibility index (Phi) is 4.51. The van der Waals surface area contributed by atoms with Crippen LogP contribution >= 0.6 is 0 Å². The average molecular weight is 390 g/mol. The van der Waals surface area contributed by atoms with Gasteiger partial charge in [-0.15, -0.1) is 0 Å². The van der Waals surface area contributed by atoms with E-state index in [0.717, 1.165) is 16.4 Å². The van der Waals surface area contributed by atoms with Crippen LogP contribution in [0.4, 0.5) is 0 Å². The van der Waals surface area contributed by atoms with E-state index in [1.807, 2.05) is 0 Å². The second-order valence-corrected chi connectivity index (χ2v) is 9.33. The molecule has 0 saturated carbocycles. The molecule has 7 nitrogen and oxygen atoms in total. The molecule has 0 saturated heterocycles. The van der Waals surface area contributed by atoms with Crippen LogP contribution in [-0.4, -0.2) is 38.3 Å². The number of nitrogens with zero attached hydrogens (tertiary/aromatic N) is 2. The average Bonchev–Trinajstić information content (AvgIpc) is 3.07. The minimum absolute atomic E-state index is 0.0295. The van der Waals surface area contributed by atoms with Gasteiger partial charge >= 0.3 is 0 Å². The third-order valence-corrected chi connectivity index (χ3v) is 6.51. The molecule has 3 aromatic rings. The third-order valence-electron chi connectivity index (χ3n) is 3.70. The minimum Gasteiger partial charge on any atom is -0.298 e. The second-order valence-electron chi connectivity index (χ2n) is 5.53. The van der Waals surface area contributed by atoms with E-state index >= 15 is 0 Å². The first-order valence-corrected chi connectivity index (χ1v) is 10.7. The lowest BCUT2D eigenvalue weighted by molar-refractivity contribution is 0.112. The Morgan fingerprint density at radius 1 is 1.04 bits per heavy atom. The van der Waals surface area contributed by atoms with Crippen LogP contribution in [0.2, 0.25) is 0 Å². The Morgan fingerprint density at radius 2 is 1.77 bits per heavy atom. The standard InChI is InChI=1S/C17H14N2O5S2/c1-25(21,22)17-7-3-2-6-15(17)16-9-13(12-20)11-19(16)26(23,24)14-5-4-8-18-10-14/h2-12H,1H3. The van der Waals surface area contributed by atoms with Gasteiger partial charge in [0, 0.05) is 36.0 Å². The summed E-state index contributed by atoms with van der Waals surface area (Å²) in [6.07, 6.45) is 5.31. The lowest BCUT2D eigenvalue weighted by atomic mass is 10.1. The third kappa shape index (κ3) is 3.18. The number of aromatic nitrogens is 2. The summed E-state index contributed by atoms with van der Waals surface area (Å²) in [5.41, 5.74) is 0.378. The van der Waals surface area contributed by atoms with Gasteiger partial charge in [-0.2, -0.15) is 0 Å². The molecule has 2 aromatic heterocycles. The van der Waals surface area contributed by atoms with E-state index in [1.54, 1.807) is 12.1 Å². The van der Waals surface area contributed by atoms with Crippen molar-refractivity contribution in [2.24, 2.45) is 0 Å². The fourth-order valence-electron chi connectivity index (χ4n) is 2.54. The Hall–Kier alpha value is -2.78. The predicted molar refractivity (Wildman–Crippen MR) is 95.2 cm³/mol. The van der Waals surface area contributed by atoms with E-state index in [1.165, 1.54) is 42.7 Å². The molecule has 9 heteroatoms. The predicted octanol–water partition coefficient (Wildman–Crippen LogP) is 2.00. The van der Waals surface area contributed by atoms with E-state index in [4.69, 9.17) is 0 Å². The second kappa shape index (κ2) is 6.50. The molecule has 0 aliphatic carbocycles. The van der Waals surface area contributed by atoms with Gasteiger partial charge in [-0.3, -0.25) is 9.78 Å². The number of pyridine rings is 1. The van der Waals surface area contributed by atoms with Gasteiger partial charge in [-0.05, 0) is 24.3 Å². The van der Waals surface area contributed by atoms with Crippen LogP contribution in [0.1, 0.15) is 10.4 Å². The molecule has 1 aromatic carbocycles. The molecule has 0 atom stereocenters. The highest BCUT2D eigenvalue weighted by molar-refractivity contribution is 7.91. The molecule has 3 rings (SSSR count). The van der Waals surface area contributed by atoms with Crippen molar-refractivity contribution in [3.8, 4) is 11.3 Å². The van der Waals surface area contributed by atoms with Gasteiger partial charge in [0.15, 0.2) is 16.1 Å². The van der Waals surface area contributed by atoms with Crippen LogP contribution in [0.15, 0.2) is 70.8 Å². The van der Waals surface area contributed by atoms with Crippen LogP contribution < -0.4 is 0 Å². The maximum Gasteiger partial charge on any atom is 0.269 e. The van der Waals surface area contributed by atoms with Crippen LogP contribution in [0.3, 0.4) is 0 Å². The highest BCUT2D eigenvalue weighted by Gasteiger charge is 2.25. The zero-order valence-corrected chi connectivity index (χ0v) is 15.2. The van der Waals surface area contributed by atoms with Gasteiger partial charge in [0.05, 0.1) is 10.6 Å². The fourth-order valence-corrected chi connectivity index (χ4v) is 4.78. The molecule has 0 unspecified atom stereocenters. The Morgan fingerprint density at radius 3 is 2.38 bits per heavy atom. The van der Waals surface area contributed by atoms with Crippen molar-refractivity contribution in [1.29, 1.82) is 0 Å². The molecular formula is C17H14N2O5S2. The summed E-state index contributed by atoms with van der Waals surface area (Å²) in [5.74, 6) is 0. The Labute approximate surface area is 150 Å². The summed E-state index contributed by atoms with van der Waals surface area (Å²) in [6, 6.07) is 10.2. The number of aldehydes is 1. The maximum atomic E-state index is 13.0. The summed E-state index contributed by atoms with van der Waals surface area (Å²) >= 11 is 0. The molecule has 0 N–H and O–H groups in total. The summed E-state index contributed by atoms with van der Waals surface area (Å²) in [6.45, 7) is 0. The van der Waals surface area contributed by atoms with Gasteiger partial charge in [0.1, 0.15) is 4.90 Å². The zero-order chi connectivity index (χ0) is 18.9. The monoisotopic (exact) mass is 390 g/mol. The molecular weight excluding hydrogens is 376 g/mol. The number of carbonyl (C=O) groups excluding carboxylic acids is 1. The summed E-state index contributed by atoms with van der Waals surface area (Å²) in [5, 5.41) is 0. The van der Waals surface area contributed by atoms with Gasteiger partial charge < -0.3 is 0 Å². The highest BCUT2D eigenvalue weighted by atomic mass is 32.2. The van der Waals surface area contributed by atoms with Gasteiger partial charge in [0.2, 0.25) is 0 Å². The van der Waals surface area contributed by atoms with Gasteiger partial charge in [-0.1, -0.05) is 18.2 Å². The molecule has 134 valence electrons. The van der Waals surface area contributed by atoms with Crippen molar-refractivity contribution in [3.63, 3.8) is 0 Å². The van der Waals surface area contributed by atoms with Crippen molar-refractivity contribution in [3.05, 3.63) is 66.6 Å². The quantitative estimate of drug-likeness (QED) is 0.617. The van der Waals surface area contributed by atoms with E-state index in [2.05, 4.69) is 4.98 Å². The van der Waals surface area contributed by atoms with Crippen LogP contribution in [0, 0.1) is 0 Å². The lowest BCUT2D eigenvalue weighted by Gasteiger charge is -2.12. The smallest absolute Gasteiger partial charge is 0.269 e. The topological polar surface area (TPSA) is 103 Å². The summed E-state index contributed by atoms with van der Waals surface area (Å²) in [4.78, 5) is 14.9. The molecule has 0 bridgehead atoms. The lowest BCUT2D eigenvalue weighted by Crippen LogP contribution is -2.14. The molecule has 0 amide bonds. The number of hydrogen-bond donors (Lipinski definition) is 0. The highest BCUT2D eigenvalue weighted by Crippen LogP contribution is 2.31. The van der Waals surface area contributed by atoms with Crippen molar-refractivity contribution >= 4 is 26.1 Å². The minimum atomic E-state index is -4.07. The normalized spacial score (nSPS) is 12.0. The van der Waals surface area contributed by atoms with Crippen molar-refractivity contribution < 1.29 is 21.6 Å². The largest absolute Gasteiger partial charge is 0.298 e. The number of carbonyl (C=O) groups is 1. The number of sulfone groups is 1. The number of hydrogen-bond acceptors (Lipinski definition) is 6. The van der Waals surface area contributed by atoms with Crippen molar-refractivity contribution in [2.75, 3.05) is 6.26 Å². The van der Waals surface area contributed by atoms with E-state index < -0.39 is 19.9 Å². The Bertz CT molecular complexity index is 1180. The fraction of sp³-hybridized carbons (Fsp3) is 0.0588. The van der Waals surface area contributed by atoms with Gasteiger partial charge in [0.25, 0.3) is 10.0 Å². The molecule has 2 heterocycles. The molecule has 0 radical (unpaired) electrons. The first-order chi connectivity index (χ1) is 12.2. The van der Waals surface area contributed by atoms with Crippen LogP contribution in [0.5, 0.6) is 0 Å².